The maximum atomic E-state index is 13.5. The summed E-state index contributed by atoms with van der Waals surface area (Å²) < 4.78 is 56.8. The number of aromatic nitrogens is 1. The van der Waals surface area contributed by atoms with E-state index in [0.717, 1.165) is 18.2 Å². The number of pyridine rings is 1. The van der Waals surface area contributed by atoms with E-state index in [1.165, 1.54) is 18.5 Å². The van der Waals surface area contributed by atoms with Crippen LogP contribution in [0.1, 0.15) is 11.1 Å². The molecule has 100 valence electrons. The van der Waals surface area contributed by atoms with E-state index >= 15 is 0 Å². The normalized spacial score (nSPS) is 11.4. The predicted octanol–water partition coefficient (Wildman–Crippen LogP) is 3.82. The molecule has 19 heavy (non-hydrogen) atoms. The Labute approximate surface area is 106 Å². The molecular weight excluding hydrogens is 262 g/mol. The van der Waals surface area contributed by atoms with Gasteiger partial charge in [-0.3, -0.25) is 4.98 Å². The molecule has 0 aliphatic carbocycles. The van der Waals surface area contributed by atoms with Gasteiger partial charge in [0.15, 0.2) is 0 Å². The average molecular weight is 271 g/mol. The highest BCUT2D eigenvalue weighted by Gasteiger charge is 2.34. The molecule has 1 aromatic carbocycles. The summed E-state index contributed by atoms with van der Waals surface area (Å²) in [6.07, 6.45) is -1.78. The minimum absolute atomic E-state index is 0.277. The van der Waals surface area contributed by atoms with E-state index in [1.54, 1.807) is 6.07 Å². The minimum atomic E-state index is -4.62. The first kappa shape index (κ1) is 13.3. The molecule has 0 radical (unpaired) electrons. The summed E-state index contributed by atoms with van der Waals surface area (Å²) in [5, 5.41) is 0. The fourth-order valence-corrected chi connectivity index (χ4v) is 1.56. The van der Waals surface area contributed by atoms with Gasteiger partial charge in [-0.2, -0.15) is 13.2 Å². The molecule has 0 bridgehead atoms. The number of benzene rings is 1. The largest absolute Gasteiger partial charge is 0.487 e. The Morgan fingerprint density at radius 1 is 1.11 bits per heavy atom. The van der Waals surface area contributed by atoms with Gasteiger partial charge >= 0.3 is 6.18 Å². The fraction of sp³-hybridized carbons (Fsp3) is 0.154. The second kappa shape index (κ2) is 5.26. The quantitative estimate of drug-likeness (QED) is 0.792. The van der Waals surface area contributed by atoms with E-state index in [2.05, 4.69) is 4.98 Å². The Morgan fingerprint density at radius 2 is 1.89 bits per heavy atom. The van der Waals surface area contributed by atoms with Gasteiger partial charge in [0.2, 0.25) is 0 Å². The van der Waals surface area contributed by atoms with E-state index in [9.17, 15) is 17.6 Å². The molecule has 0 saturated heterocycles. The van der Waals surface area contributed by atoms with Crippen molar-refractivity contribution in [3.8, 4) is 5.75 Å². The number of hydrogen-bond donors (Lipinski definition) is 0. The Hall–Kier alpha value is -2.11. The number of halogens is 4. The summed E-state index contributed by atoms with van der Waals surface area (Å²) in [5.74, 6) is -0.669. The zero-order chi connectivity index (χ0) is 13.9. The van der Waals surface area contributed by atoms with Crippen molar-refractivity contribution < 1.29 is 22.3 Å². The van der Waals surface area contributed by atoms with Crippen molar-refractivity contribution in [2.75, 3.05) is 0 Å². The first-order valence-electron chi connectivity index (χ1n) is 5.36. The number of rotatable bonds is 3. The number of alkyl halides is 3. The molecule has 1 aromatic heterocycles. The highest BCUT2D eigenvalue weighted by molar-refractivity contribution is 5.31. The Bertz CT molecular complexity index is 554. The van der Waals surface area contributed by atoms with Gasteiger partial charge in [-0.1, -0.05) is 6.07 Å². The summed E-state index contributed by atoms with van der Waals surface area (Å²) >= 11 is 0. The highest BCUT2D eigenvalue weighted by atomic mass is 19.4. The molecule has 6 heteroatoms. The molecule has 0 spiro atoms. The molecule has 0 unspecified atom stereocenters. The van der Waals surface area contributed by atoms with Crippen LogP contribution in [0.15, 0.2) is 42.7 Å². The molecule has 0 aliphatic rings. The van der Waals surface area contributed by atoms with E-state index in [-0.39, 0.29) is 5.75 Å². The van der Waals surface area contributed by atoms with Crippen molar-refractivity contribution in [1.82, 2.24) is 4.98 Å². The van der Waals surface area contributed by atoms with E-state index in [1.807, 2.05) is 0 Å². The lowest BCUT2D eigenvalue weighted by atomic mass is 10.1. The van der Waals surface area contributed by atoms with E-state index in [4.69, 9.17) is 4.74 Å². The number of nitrogens with zero attached hydrogens (tertiary/aromatic N) is 1. The van der Waals surface area contributed by atoms with Crippen LogP contribution in [0.2, 0.25) is 0 Å². The molecule has 0 N–H and O–H groups in total. The maximum Gasteiger partial charge on any atom is 0.416 e. The Balaban J connectivity index is 2.25. The number of ether oxygens (including phenoxy) is 1. The van der Waals surface area contributed by atoms with Crippen LogP contribution in [0.4, 0.5) is 17.6 Å². The van der Waals surface area contributed by atoms with Crippen LogP contribution in [0.5, 0.6) is 5.75 Å². The van der Waals surface area contributed by atoms with Gasteiger partial charge in [0, 0.05) is 11.8 Å². The van der Waals surface area contributed by atoms with Gasteiger partial charge in [-0.15, -0.1) is 0 Å². The molecule has 0 amide bonds. The van der Waals surface area contributed by atoms with Crippen molar-refractivity contribution in [1.29, 1.82) is 0 Å². The standard InChI is InChI=1S/C13H9F4NO/c14-12-5-1-4-11(13(15,16)17)10(12)8-19-9-3-2-6-18-7-9/h1-7H,8H2. The van der Waals surface area contributed by atoms with Crippen molar-refractivity contribution >= 4 is 0 Å². The molecule has 2 rings (SSSR count). The topological polar surface area (TPSA) is 22.1 Å². The zero-order valence-electron chi connectivity index (χ0n) is 9.62. The lowest BCUT2D eigenvalue weighted by molar-refractivity contribution is -0.138. The summed E-state index contributed by atoms with van der Waals surface area (Å²) in [6, 6.07) is 5.91. The summed E-state index contributed by atoms with van der Waals surface area (Å²) in [4.78, 5) is 3.75. The lowest BCUT2D eigenvalue weighted by Crippen LogP contribution is -2.12. The third-order valence-corrected chi connectivity index (χ3v) is 2.44. The second-order valence-corrected chi connectivity index (χ2v) is 3.74. The Morgan fingerprint density at radius 3 is 2.53 bits per heavy atom. The molecule has 0 aliphatic heterocycles. The van der Waals surface area contributed by atoms with Gasteiger partial charge in [0.05, 0.1) is 11.8 Å². The maximum absolute atomic E-state index is 13.5. The number of hydrogen-bond acceptors (Lipinski definition) is 2. The predicted molar refractivity (Wildman–Crippen MR) is 60.0 cm³/mol. The summed E-state index contributed by atoms with van der Waals surface area (Å²) in [6.45, 7) is -0.507. The zero-order valence-corrected chi connectivity index (χ0v) is 9.62. The van der Waals surface area contributed by atoms with Crippen molar-refractivity contribution in [2.45, 2.75) is 12.8 Å². The average Bonchev–Trinajstić information content (AvgIpc) is 2.37. The molecule has 2 aromatic rings. The molecule has 0 fully saturated rings. The van der Waals surface area contributed by atoms with Crippen LogP contribution in [-0.2, 0) is 12.8 Å². The Kier molecular flexibility index (Phi) is 3.69. The SMILES string of the molecule is Fc1cccc(C(F)(F)F)c1COc1cccnc1. The molecule has 0 saturated carbocycles. The first-order chi connectivity index (χ1) is 8.98. The fourth-order valence-electron chi connectivity index (χ4n) is 1.56. The molecule has 0 atom stereocenters. The monoisotopic (exact) mass is 271 g/mol. The smallest absolute Gasteiger partial charge is 0.416 e. The van der Waals surface area contributed by atoms with Gasteiger partial charge in [-0.25, -0.2) is 4.39 Å². The van der Waals surface area contributed by atoms with E-state index in [0.29, 0.717) is 0 Å². The molecule has 2 nitrogen and oxygen atoms in total. The van der Waals surface area contributed by atoms with Crippen LogP contribution in [0, 0.1) is 5.82 Å². The second-order valence-electron chi connectivity index (χ2n) is 3.74. The van der Waals surface area contributed by atoms with Gasteiger partial charge in [0.1, 0.15) is 18.2 Å². The minimum Gasteiger partial charge on any atom is -0.487 e. The third kappa shape index (κ3) is 3.21. The lowest BCUT2D eigenvalue weighted by Gasteiger charge is -2.14. The van der Waals surface area contributed by atoms with Crippen molar-refractivity contribution in [3.05, 3.63) is 59.7 Å². The van der Waals surface area contributed by atoms with Crippen LogP contribution < -0.4 is 4.74 Å². The van der Waals surface area contributed by atoms with E-state index < -0.39 is 29.7 Å². The molecule has 1 heterocycles. The van der Waals surface area contributed by atoms with Crippen LogP contribution in [-0.4, -0.2) is 4.98 Å². The van der Waals surface area contributed by atoms with Crippen LogP contribution in [0.3, 0.4) is 0 Å². The van der Waals surface area contributed by atoms with Crippen LogP contribution in [0.25, 0.3) is 0 Å². The summed E-state index contributed by atoms with van der Waals surface area (Å²) in [7, 11) is 0. The van der Waals surface area contributed by atoms with Crippen molar-refractivity contribution in [2.24, 2.45) is 0 Å². The third-order valence-electron chi connectivity index (χ3n) is 2.44. The van der Waals surface area contributed by atoms with Gasteiger partial charge in [-0.05, 0) is 24.3 Å². The van der Waals surface area contributed by atoms with Crippen LogP contribution >= 0.6 is 0 Å². The first-order valence-corrected chi connectivity index (χ1v) is 5.36. The van der Waals surface area contributed by atoms with Crippen molar-refractivity contribution in [3.63, 3.8) is 0 Å². The highest BCUT2D eigenvalue weighted by Crippen LogP contribution is 2.33. The van der Waals surface area contributed by atoms with Gasteiger partial charge in [0.25, 0.3) is 0 Å². The summed E-state index contributed by atoms with van der Waals surface area (Å²) in [5.41, 5.74) is -1.55. The van der Waals surface area contributed by atoms with Gasteiger partial charge < -0.3 is 4.74 Å². The molecular formula is C13H9F4NO.